The zero-order chi connectivity index (χ0) is 26.0. The van der Waals surface area contributed by atoms with Crippen LogP contribution in [0, 0.1) is 6.92 Å². The molecule has 1 atom stereocenters. The maximum Gasteiger partial charge on any atom is 0.377 e. The van der Waals surface area contributed by atoms with Crippen molar-refractivity contribution >= 4 is 52.2 Å². The summed E-state index contributed by atoms with van der Waals surface area (Å²) < 4.78 is 12.0. The molecule has 0 bridgehead atoms. The first-order chi connectivity index (χ1) is 17.1. The predicted molar refractivity (Wildman–Crippen MR) is 137 cm³/mol. The third-order valence-corrected chi connectivity index (χ3v) is 6.22. The average molecular weight is 529 g/mol. The highest BCUT2D eigenvalue weighted by Crippen LogP contribution is 2.35. The van der Waals surface area contributed by atoms with Crippen molar-refractivity contribution in [2.45, 2.75) is 13.0 Å². The van der Waals surface area contributed by atoms with Crippen LogP contribution in [0.3, 0.4) is 0 Å². The molecule has 10 heteroatoms. The van der Waals surface area contributed by atoms with E-state index in [4.69, 9.17) is 37.8 Å². The van der Waals surface area contributed by atoms with Gasteiger partial charge in [-0.05, 0) is 67.1 Å². The van der Waals surface area contributed by atoms with Gasteiger partial charge in [-0.15, -0.1) is 0 Å². The summed E-state index contributed by atoms with van der Waals surface area (Å²) in [4.78, 5) is 37.6. The lowest BCUT2D eigenvalue weighted by atomic mass is 10.1. The summed E-state index contributed by atoms with van der Waals surface area (Å²) in [7, 11) is 1.96. The van der Waals surface area contributed by atoms with E-state index in [0.717, 1.165) is 11.4 Å². The number of aryl methyl sites for hydroxylation is 1. The first-order valence-electron chi connectivity index (χ1n) is 10.9. The Balaban J connectivity index is 1.41. The van der Waals surface area contributed by atoms with Gasteiger partial charge in [0, 0.05) is 23.2 Å². The third kappa shape index (κ3) is 5.56. The number of amides is 1. The minimum absolute atomic E-state index is 0.0935. The quantitative estimate of drug-likeness (QED) is 0.324. The number of anilines is 2. The summed E-state index contributed by atoms with van der Waals surface area (Å²) in [6.45, 7) is 2.69. The number of ketones is 1. The molecule has 0 radical (unpaired) electrons. The Morgan fingerprint density at radius 1 is 1.11 bits per heavy atom. The lowest BCUT2D eigenvalue weighted by Crippen LogP contribution is -2.41. The lowest BCUT2D eigenvalue weighted by Gasteiger charge is -2.33. The fraction of sp³-hybridized carbons (Fsp3) is 0.192. The van der Waals surface area contributed by atoms with Crippen molar-refractivity contribution < 1.29 is 29.0 Å². The van der Waals surface area contributed by atoms with Crippen LogP contribution in [0.25, 0.3) is 0 Å². The topological polar surface area (TPSA) is 105 Å². The highest BCUT2D eigenvalue weighted by molar-refractivity contribution is 6.40. The molecule has 1 aliphatic heterocycles. The Hall–Kier alpha value is -3.75. The van der Waals surface area contributed by atoms with Gasteiger partial charge in [0.25, 0.3) is 11.7 Å². The van der Waals surface area contributed by atoms with Crippen molar-refractivity contribution in [3.8, 4) is 11.5 Å². The van der Waals surface area contributed by atoms with E-state index in [9.17, 15) is 14.4 Å². The molecular formula is C26H22Cl2N2O6. The van der Waals surface area contributed by atoms with Crippen LogP contribution < -0.4 is 19.7 Å². The Labute approximate surface area is 217 Å². The number of carbonyl (C=O) groups is 3. The van der Waals surface area contributed by atoms with Crippen molar-refractivity contribution in [2.24, 2.45) is 0 Å². The number of benzene rings is 3. The Morgan fingerprint density at radius 3 is 2.61 bits per heavy atom. The first kappa shape index (κ1) is 25.3. The molecule has 1 aliphatic rings. The van der Waals surface area contributed by atoms with Crippen LogP contribution in [-0.4, -0.2) is 49.1 Å². The number of rotatable bonds is 7. The molecule has 1 amide bonds. The molecule has 36 heavy (non-hydrogen) atoms. The van der Waals surface area contributed by atoms with Gasteiger partial charge in [0.05, 0.1) is 22.9 Å². The van der Waals surface area contributed by atoms with Crippen molar-refractivity contribution in [1.82, 2.24) is 0 Å². The number of nitrogens with one attached hydrogen (secondary N) is 1. The molecule has 8 nitrogen and oxygen atoms in total. The zero-order valence-electron chi connectivity index (χ0n) is 19.4. The van der Waals surface area contributed by atoms with Gasteiger partial charge in [0.2, 0.25) is 0 Å². The van der Waals surface area contributed by atoms with Crippen LogP contribution in [-0.2, 0) is 4.79 Å². The summed E-state index contributed by atoms with van der Waals surface area (Å²) in [5, 5.41) is 12.4. The van der Waals surface area contributed by atoms with E-state index < -0.39 is 17.7 Å². The molecule has 0 fully saturated rings. The number of carboxylic acids is 1. The van der Waals surface area contributed by atoms with E-state index in [1.54, 1.807) is 31.2 Å². The molecule has 0 aliphatic carbocycles. The number of carbonyl (C=O) groups excluding carboxylic acids is 2. The van der Waals surface area contributed by atoms with Gasteiger partial charge in [0.15, 0.2) is 0 Å². The molecule has 0 spiro atoms. The Bertz CT molecular complexity index is 1360. The van der Waals surface area contributed by atoms with E-state index in [1.165, 1.54) is 18.2 Å². The third-order valence-electron chi connectivity index (χ3n) is 5.65. The van der Waals surface area contributed by atoms with Gasteiger partial charge in [0.1, 0.15) is 24.2 Å². The number of hydrogen-bond donors (Lipinski definition) is 2. The molecule has 1 heterocycles. The van der Waals surface area contributed by atoms with Crippen molar-refractivity contribution in [1.29, 1.82) is 0 Å². The molecule has 3 aromatic carbocycles. The second kappa shape index (κ2) is 10.5. The smallest absolute Gasteiger partial charge is 0.377 e. The van der Waals surface area contributed by atoms with Gasteiger partial charge in [-0.3, -0.25) is 9.59 Å². The highest BCUT2D eigenvalue weighted by Gasteiger charge is 2.24. The van der Waals surface area contributed by atoms with E-state index in [-0.39, 0.29) is 22.4 Å². The average Bonchev–Trinajstić information content (AvgIpc) is 2.84. The second-order valence-electron chi connectivity index (χ2n) is 8.30. The first-order valence-corrected chi connectivity index (χ1v) is 11.7. The summed E-state index contributed by atoms with van der Waals surface area (Å²) in [5.41, 5.74) is 1.98. The van der Waals surface area contributed by atoms with Crippen LogP contribution >= 0.6 is 23.2 Å². The molecule has 186 valence electrons. The van der Waals surface area contributed by atoms with Gasteiger partial charge >= 0.3 is 5.97 Å². The van der Waals surface area contributed by atoms with E-state index in [0.29, 0.717) is 35.1 Å². The number of carboxylic acid groups (broad SMARTS) is 1. The van der Waals surface area contributed by atoms with Crippen molar-refractivity contribution in [2.75, 3.05) is 30.4 Å². The number of aliphatic carboxylic acids is 1. The van der Waals surface area contributed by atoms with Gasteiger partial charge in [-0.2, -0.15) is 0 Å². The molecule has 4 rings (SSSR count). The molecular weight excluding hydrogens is 507 g/mol. The normalized spacial score (nSPS) is 14.4. The van der Waals surface area contributed by atoms with Gasteiger partial charge < -0.3 is 24.8 Å². The number of fused-ring (bicyclic) bond motifs is 1. The lowest BCUT2D eigenvalue weighted by molar-refractivity contribution is -0.131. The number of likely N-dealkylation sites (N-methyl/N-ethyl adjacent to an activating group) is 1. The number of Topliss-reactive ketones (excluding diaryl/α,β-unsaturated/α-hetero) is 1. The fourth-order valence-corrected chi connectivity index (χ4v) is 4.17. The predicted octanol–water partition coefficient (Wildman–Crippen LogP) is 5.10. The van der Waals surface area contributed by atoms with Gasteiger partial charge in [-0.25, -0.2) is 4.79 Å². The van der Waals surface area contributed by atoms with E-state index in [2.05, 4.69) is 10.2 Å². The maximum atomic E-state index is 12.8. The Kier molecular flexibility index (Phi) is 7.37. The van der Waals surface area contributed by atoms with Crippen LogP contribution in [0.2, 0.25) is 10.0 Å². The number of ether oxygens (including phenoxy) is 2. The largest absolute Gasteiger partial charge is 0.490 e. The minimum atomic E-state index is -1.60. The van der Waals surface area contributed by atoms with Crippen LogP contribution in [0.15, 0.2) is 54.6 Å². The molecule has 0 aromatic heterocycles. The standard InChI is InChI=1S/C26H22Cl2N2O6/c1-14-9-17(35-13-18-12-30(2)22-11-16(27)4-8-23(22)36-18)5-6-19(14)25(32)29-21-10-15(3-7-20(21)28)24(31)26(33)34/h3-11,18H,12-13H2,1-2H3,(H,29,32)(H,33,34)/t18-/m0/s1. The summed E-state index contributed by atoms with van der Waals surface area (Å²) in [6.07, 6.45) is -0.199. The SMILES string of the molecule is Cc1cc(OC[C@@H]2CN(C)c3cc(Cl)ccc3O2)ccc1C(=O)Nc1cc(C(=O)C(=O)O)ccc1Cl. The second-order valence-corrected chi connectivity index (χ2v) is 9.15. The van der Waals surface area contributed by atoms with Crippen LogP contribution in [0.1, 0.15) is 26.3 Å². The number of halogens is 2. The van der Waals surface area contributed by atoms with Gasteiger partial charge in [-0.1, -0.05) is 23.2 Å². The zero-order valence-corrected chi connectivity index (χ0v) is 20.9. The Morgan fingerprint density at radius 2 is 1.89 bits per heavy atom. The molecule has 3 aromatic rings. The molecule has 2 N–H and O–H groups in total. The van der Waals surface area contributed by atoms with Crippen LogP contribution in [0.4, 0.5) is 11.4 Å². The molecule has 0 saturated carbocycles. The van der Waals surface area contributed by atoms with E-state index >= 15 is 0 Å². The monoisotopic (exact) mass is 528 g/mol. The summed E-state index contributed by atoms with van der Waals surface area (Å²) in [6, 6.07) is 14.4. The summed E-state index contributed by atoms with van der Waals surface area (Å²) >= 11 is 12.2. The maximum absolute atomic E-state index is 12.8. The highest BCUT2D eigenvalue weighted by atomic mass is 35.5. The number of nitrogens with zero attached hydrogens (tertiary/aromatic N) is 1. The fourth-order valence-electron chi connectivity index (χ4n) is 3.84. The van der Waals surface area contributed by atoms with Crippen molar-refractivity contribution in [3.05, 3.63) is 81.3 Å². The summed E-state index contributed by atoms with van der Waals surface area (Å²) in [5.74, 6) is -1.85. The molecule has 0 saturated heterocycles. The molecule has 0 unspecified atom stereocenters. The van der Waals surface area contributed by atoms with Crippen molar-refractivity contribution in [3.63, 3.8) is 0 Å². The number of hydrogen-bond acceptors (Lipinski definition) is 6. The minimum Gasteiger partial charge on any atom is -0.490 e. The van der Waals surface area contributed by atoms with E-state index in [1.807, 2.05) is 19.2 Å². The van der Waals surface area contributed by atoms with Crippen LogP contribution in [0.5, 0.6) is 11.5 Å².